The van der Waals surface area contributed by atoms with Gasteiger partial charge in [-0.1, -0.05) is 24.3 Å². The van der Waals surface area contributed by atoms with Gasteiger partial charge in [0.1, 0.15) is 11.6 Å². The number of halogens is 5. The molecule has 166 valence electrons. The largest absolute Gasteiger partial charge is 0.454 e. The molecule has 0 aromatic heterocycles. The van der Waals surface area contributed by atoms with Gasteiger partial charge >= 0.3 is 12.2 Å². The van der Waals surface area contributed by atoms with Crippen LogP contribution < -0.4 is 0 Å². The molecule has 33 heavy (non-hydrogen) atoms. The number of guanidine groups is 3. The molecule has 8 nitrogen and oxygen atoms in total. The molecule has 0 amide bonds. The molecule has 0 saturated heterocycles. The van der Waals surface area contributed by atoms with E-state index in [4.69, 9.17) is 0 Å². The summed E-state index contributed by atoms with van der Waals surface area (Å²) in [4.78, 5) is 25.6. The molecular formula is C20H10F5N7O. The van der Waals surface area contributed by atoms with Gasteiger partial charge in [-0.05, 0) is 24.3 Å². The molecule has 3 aliphatic rings. The fourth-order valence-corrected chi connectivity index (χ4v) is 3.01. The van der Waals surface area contributed by atoms with Crippen molar-refractivity contribution in [1.29, 1.82) is 0 Å². The summed E-state index contributed by atoms with van der Waals surface area (Å²) in [5.41, 5.74) is -0.00125. The fraction of sp³-hybridized carbons (Fsp3) is 0.100. The second kappa shape index (κ2) is 7.69. The van der Waals surface area contributed by atoms with Crippen molar-refractivity contribution in [1.82, 2.24) is 4.90 Å². The van der Waals surface area contributed by atoms with E-state index in [1.165, 1.54) is 36.4 Å². The number of ether oxygens (including phenoxy) is 1. The highest BCUT2D eigenvalue weighted by molar-refractivity contribution is 6.32. The van der Waals surface area contributed by atoms with Gasteiger partial charge in [-0.15, -0.1) is 0 Å². The zero-order valence-electron chi connectivity index (χ0n) is 16.3. The fourth-order valence-electron chi connectivity index (χ4n) is 3.01. The maximum Gasteiger partial charge on any atom is 0.422 e. The Morgan fingerprint density at radius 3 is 1.67 bits per heavy atom. The number of nitrogens with zero attached hydrogens (tertiary/aromatic N) is 7. The van der Waals surface area contributed by atoms with Crippen LogP contribution in [0.2, 0.25) is 0 Å². The predicted molar refractivity (Wildman–Crippen MR) is 109 cm³/mol. The van der Waals surface area contributed by atoms with E-state index in [1.54, 1.807) is 12.1 Å². The van der Waals surface area contributed by atoms with Gasteiger partial charge in [0.25, 0.3) is 0 Å². The molecule has 0 spiro atoms. The first-order chi connectivity index (χ1) is 15.8. The Bertz CT molecular complexity index is 1290. The number of benzene rings is 2. The van der Waals surface area contributed by atoms with Crippen molar-refractivity contribution in [2.75, 3.05) is 6.61 Å². The minimum absolute atomic E-state index is 0.000624. The van der Waals surface area contributed by atoms with Crippen LogP contribution in [0.3, 0.4) is 0 Å². The second-order valence-corrected chi connectivity index (χ2v) is 6.70. The van der Waals surface area contributed by atoms with Crippen molar-refractivity contribution >= 4 is 35.6 Å². The van der Waals surface area contributed by atoms with E-state index in [0.29, 0.717) is 0 Å². The standard InChI is InChI=1S/C20H10F5N7O/c21-12-7-3-1-5-10(12)14-26-16-27-15(11-6-2-4-8-13(11)22)29-18-31-19(33-9-20(23,24)25)30-17(28-14)32(16)18/h1-8H,9H2. The maximum atomic E-state index is 14.4. The van der Waals surface area contributed by atoms with E-state index in [2.05, 4.69) is 34.7 Å². The molecule has 0 N–H and O–H groups in total. The van der Waals surface area contributed by atoms with E-state index in [1.807, 2.05) is 0 Å². The third-order valence-corrected chi connectivity index (χ3v) is 4.41. The molecule has 0 aliphatic carbocycles. The molecular weight excluding hydrogens is 449 g/mol. The molecule has 0 saturated carbocycles. The molecule has 2 aromatic carbocycles. The highest BCUT2D eigenvalue weighted by atomic mass is 19.4. The summed E-state index contributed by atoms with van der Waals surface area (Å²) in [7, 11) is 0. The van der Waals surface area contributed by atoms with Gasteiger partial charge in [0, 0.05) is 0 Å². The number of amidine groups is 3. The van der Waals surface area contributed by atoms with E-state index < -0.39 is 30.4 Å². The molecule has 0 fully saturated rings. The third kappa shape index (κ3) is 4.00. The number of hydrogen-bond acceptors (Lipinski definition) is 8. The molecule has 5 rings (SSSR count). The van der Waals surface area contributed by atoms with Crippen LogP contribution in [0.5, 0.6) is 0 Å². The monoisotopic (exact) mass is 459 g/mol. The van der Waals surface area contributed by atoms with Gasteiger partial charge in [-0.2, -0.15) is 43.1 Å². The lowest BCUT2D eigenvalue weighted by atomic mass is 10.2. The van der Waals surface area contributed by atoms with Crippen LogP contribution in [-0.2, 0) is 4.74 Å². The molecule has 0 unspecified atom stereocenters. The summed E-state index contributed by atoms with van der Waals surface area (Å²) >= 11 is 0. The van der Waals surface area contributed by atoms with Crippen LogP contribution in [0.4, 0.5) is 22.0 Å². The predicted octanol–water partition coefficient (Wildman–Crippen LogP) is 3.50. The van der Waals surface area contributed by atoms with Crippen LogP contribution >= 0.6 is 0 Å². The Labute approximate surface area is 181 Å². The van der Waals surface area contributed by atoms with Gasteiger partial charge in [-0.25, -0.2) is 13.7 Å². The molecule has 0 atom stereocenters. The molecule has 13 heteroatoms. The average molecular weight is 459 g/mol. The Balaban J connectivity index is 1.65. The first kappa shape index (κ1) is 20.6. The Morgan fingerprint density at radius 2 is 1.15 bits per heavy atom. The normalized spacial score (nSPS) is 17.2. The number of alkyl halides is 3. The van der Waals surface area contributed by atoms with Crippen molar-refractivity contribution in [3.05, 3.63) is 71.3 Å². The number of aliphatic imine (C=N–C) groups is 6. The lowest BCUT2D eigenvalue weighted by Gasteiger charge is -2.30. The first-order valence-electron chi connectivity index (χ1n) is 9.30. The topological polar surface area (TPSA) is 86.6 Å². The van der Waals surface area contributed by atoms with E-state index >= 15 is 0 Å². The van der Waals surface area contributed by atoms with E-state index in [0.717, 1.165) is 4.90 Å². The number of hydrogen-bond donors (Lipinski definition) is 0. The average Bonchev–Trinajstić information content (AvgIpc) is 2.77. The van der Waals surface area contributed by atoms with Crippen LogP contribution in [0.1, 0.15) is 11.1 Å². The van der Waals surface area contributed by atoms with Crippen LogP contribution in [-0.4, -0.2) is 53.3 Å². The molecule has 3 aliphatic heterocycles. The molecule has 0 radical (unpaired) electrons. The lowest BCUT2D eigenvalue weighted by molar-refractivity contribution is -0.156. The first-order valence-corrected chi connectivity index (χ1v) is 9.30. The van der Waals surface area contributed by atoms with Crippen molar-refractivity contribution in [3.63, 3.8) is 0 Å². The Hall–Kier alpha value is -4.29. The van der Waals surface area contributed by atoms with Crippen LogP contribution in [0.25, 0.3) is 0 Å². The zero-order chi connectivity index (χ0) is 23.2. The lowest BCUT2D eigenvalue weighted by Crippen LogP contribution is -2.48. The quantitative estimate of drug-likeness (QED) is 0.658. The second-order valence-electron chi connectivity index (χ2n) is 6.70. The minimum atomic E-state index is -4.64. The summed E-state index contributed by atoms with van der Waals surface area (Å²) in [6.45, 7) is -1.66. The zero-order valence-corrected chi connectivity index (χ0v) is 16.3. The summed E-state index contributed by atoms with van der Waals surface area (Å²) in [5, 5.41) is 0. The van der Waals surface area contributed by atoms with Gasteiger partial charge in [0.05, 0.1) is 11.1 Å². The Kier molecular flexibility index (Phi) is 4.80. The van der Waals surface area contributed by atoms with Crippen molar-refractivity contribution in [2.45, 2.75) is 6.18 Å². The highest BCUT2D eigenvalue weighted by Crippen LogP contribution is 2.23. The summed E-state index contributed by atoms with van der Waals surface area (Å²) < 4.78 is 71.3. The van der Waals surface area contributed by atoms with E-state index in [9.17, 15) is 22.0 Å². The minimum Gasteiger partial charge on any atom is -0.454 e. The highest BCUT2D eigenvalue weighted by Gasteiger charge is 2.37. The summed E-state index contributed by atoms with van der Waals surface area (Å²) in [5.74, 6) is -2.17. The molecule has 3 heterocycles. The maximum absolute atomic E-state index is 14.4. The van der Waals surface area contributed by atoms with E-state index in [-0.39, 0.29) is 40.7 Å². The summed E-state index contributed by atoms with van der Waals surface area (Å²) in [6.07, 6.45) is -4.64. The smallest absolute Gasteiger partial charge is 0.422 e. The van der Waals surface area contributed by atoms with Crippen molar-refractivity contribution in [2.24, 2.45) is 30.0 Å². The van der Waals surface area contributed by atoms with Gasteiger partial charge in [0.15, 0.2) is 18.3 Å². The molecule has 0 bridgehead atoms. The van der Waals surface area contributed by atoms with Gasteiger partial charge in [0.2, 0.25) is 17.9 Å². The van der Waals surface area contributed by atoms with Crippen molar-refractivity contribution in [3.8, 4) is 0 Å². The third-order valence-electron chi connectivity index (χ3n) is 4.41. The van der Waals surface area contributed by atoms with Crippen molar-refractivity contribution < 1.29 is 26.7 Å². The van der Waals surface area contributed by atoms with Gasteiger partial charge < -0.3 is 4.74 Å². The number of rotatable bonds is 3. The summed E-state index contributed by atoms with van der Waals surface area (Å²) in [6, 6.07) is 10.6. The Morgan fingerprint density at radius 1 is 0.667 bits per heavy atom. The SMILES string of the molecule is Fc1ccccc1C1=NC2=NC(OCC(F)(F)F)=NC3=NC(c4ccccc4F)=NC(=N1)N23. The van der Waals surface area contributed by atoms with Gasteiger partial charge in [-0.3, -0.25) is 0 Å². The van der Waals surface area contributed by atoms with Crippen LogP contribution in [0.15, 0.2) is 78.5 Å². The molecule has 2 aromatic rings. The van der Waals surface area contributed by atoms with Crippen LogP contribution in [0, 0.1) is 11.6 Å².